The zero-order valence-electron chi connectivity index (χ0n) is 13.0. The van der Waals surface area contributed by atoms with Crippen LogP contribution in [0.15, 0.2) is 35.8 Å². The number of halogens is 1. The Bertz CT molecular complexity index is 822. The molecule has 1 aromatic carbocycles. The molecule has 3 rings (SSSR count). The van der Waals surface area contributed by atoms with Gasteiger partial charge in [0.05, 0.1) is 12.1 Å². The molecule has 0 spiro atoms. The summed E-state index contributed by atoms with van der Waals surface area (Å²) in [6, 6.07) is 7.80. The number of hydrogen-bond acceptors (Lipinski definition) is 3. The molecule has 2 heterocycles. The summed E-state index contributed by atoms with van der Waals surface area (Å²) in [5.41, 5.74) is 2.86. The number of nitrogens with zero attached hydrogens (tertiary/aromatic N) is 2. The first-order chi connectivity index (χ1) is 11.1. The van der Waals surface area contributed by atoms with Crippen molar-refractivity contribution in [3.63, 3.8) is 0 Å². The van der Waals surface area contributed by atoms with Gasteiger partial charge in [0.15, 0.2) is 4.96 Å². The number of benzene rings is 1. The van der Waals surface area contributed by atoms with E-state index >= 15 is 0 Å². The molecule has 4 nitrogen and oxygen atoms in total. The molecule has 6 heteroatoms. The van der Waals surface area contributed by atoms with Crippen molar-refractivity contribution in [1.29, 1.82) is 0 Å². The van der Waals surface area contributed by atoms with Gasteiger partial charge in [0.1, 0.15) is 0 Å². The third-order valence-corrected chi connectivity index (χ3v) is 4.93. The van der Waals surface area contributed by atoms with Crippen LogP contribution in [0.3, 0.4) is 0 Å². The molecule has 0 saturated carbocycles. The van der Waals surface area contributed by atoms with E-state index in [1.807, 2.05) is 47.2 Å². The standard InChI is InChI=1S/C17H18ClN3OS/c1-3-11(2)19-16(22)8-14-10-23-17-20-15(9-21(14)17)12-4-6-13(18)7-5-12/h4-7,9-11H,3,8H2,1-2H3,(H,19,22). The van der Waals surface area contributed by atoms with Gasteiger partial charge >= 0.3 is 0 Å². The van der Waals surface area contributed by atoms with Gasteiger partial charge in [0.25, 0.3) is 0 Å². The fraction of sp³-hybridized carbons (Fsp3) is 0.294. The van der Waals surface area contributed by atoms with E-state index in [2.05, 4.69) is 17.2 Å². The fourth-order valence-electron chi connectivity index (χ4n) is 2.31. The van der Waals surface area contributed by atoms with Gasteiger partial charge in [-0.2, -0.15) is 0 Å². The second-order valence-electron chi connectivity index (χ2n) is 5.57. The van der Waals surface area contributed by atoms with E-state index in [0.717, 1.165) is 28.3 Å². The van der Waals surface area contributed by atoms with Crippen molar-refractivity contribution >= 4 is 33.8 Å². The normalized spacial score (nSPS) is 12.5. The first kappa shape index (κ1) is 16.0. The lowest BCUT2D eigenvalue weighted by Crippen LogP contribution is -2.33. The van der Waals surface area contributed by atoms with Crippen molar-refractivity contribution in [2.24, 2.45) is 0 Å². The summed E-state index contributed by atoms with van der Waals surface area (Å²) in [4.78, 5) is 17.6. The molecular weight excluding hydrogens is 330 g/mol. The molecule has 0 aliphatic rings. The number of nitrogens with one attached hydrogen (secondary N) is 1. The molecule has 120 valence electrons. The third-order valence-electron chi connectivity index (χ3n) is 3.78. The first-order valence-electron chi connectivity index (χ1n) is 7.57. The lowest BCUT2D eigenvalue weighted by Gasteiger charge is -2.10. The van der Waals surface area contributed by atoms with E-state index in [-0.39, 0.29) is 11.9 Å². The Labute approximate surface area is 144 Å². The Balaban J connectivity index is 1.83. The molecule has 1 unspecified atom stereocenters. The van der Waals surface area contributed by atoms with Crippen LogP contribution in [-0.2, 0) is 11.2 Å². The molecule has 3 aromatic rings. The Kier molecular flexibility index (Phi) is 4.68. The predicted molar refractivity (Wildman–Crippen MR) is 95.1 cm³/mol. The molecule has 0 saturated heterocycles. The topological polar surface area (TPSA) is 46.4 Å². The average molecular weight is 348 g/mol. The highest BCUT2D eigenvalue weighted by atomic mass is 35.5. The molecule has 0 radical (unpaired) electrons. The van der Waals surface area contributed by atoms with Crippen molar-refractivity contribution < 1.29 is 4.79 Å². The molecule has 0 aliphatic heterocycles. The number of aromatic nitrogens is 2. The smallest absolute Gasteiger partial charge is 0.226 e. The summed E-state index contributed by atoms with van der Waals surface area (Å²) < 4.78 is 1.99. The fourth-order valence-corrected chi connectivity index (χ4v) is 3.31. The number of carbonyl (C=O) groups is 1. The molecule has 1 atom stereocenters. The lowest BCUT2D eigenvalue weighted by atomic mass is 10.2. The Morgan fingerprint density at radius 2 is 2.13 bits per heavy atom. The van der Waals surface area contributed by atoms with E-state index in [1.165, 1.54) is 0 Å². The van der Waals surface area contributed by atoms with Crippen molar-refractivity contribution in [2.75, 3.05) is 0 Å². The van der Waals surface area contributed by atoms with E-state index < -0.39 is 0 Å². The molecule has 1 N–H and O–H groups in total. The van der Waals surface area contributed by atoms with Gasteiger partial charge < -0.3 is 5.32 Å². The van der Waals surface area contributed by atoms with Gasteiger partial charge in [0.2, 0.25) is 5.91 Å². The van der Waals surface area contributed by atoms with Crippen LogP contribution in [0.1, 0.15) is 26.0 Å². The molecule has 0 fully saturated rings. The highest BCUT2D eigenvalue weighted by molar-refractivity contribution is 7.15. The maximum absolute atomic E-state index is 12.1. The molecule has 0 aliphatic carbocycles. The highest BCUT2D eigenvalue weighted by Crippen LogP contribution is 2.25. The van der Waals surface area contributed by atoms with E-state index in [9.17, 15) is 4.79 Å². The second kappa shape index (κ2) is 6.72. The zero-order chi connectivity index (χ0) is 16.4. The molecular formula is C17H18ClN3OS. The van der Waals surface area contributed by atoms with E-state index in [1.54, 1.807) is 11.3 Å². The van der Waals surface area contributed by atoms with Gasteiger partial charge in [0, 0.05) is 33.9 Å². The van der Waals surface area contributed by atoms with E-state index in [0.29, 0.717) is 11.4 Å². The minimum absolute atomic E-state index is 0.0424. The largest absolute Gasteiger partial charge is 0.353 e. The Morgan fingerprint density at radius 3 is 2.83 bits per heavy atom. The van der Waals surface area contributed by atoms with Crippen LogP contribution < -0.4 is 5.32 Å². The average Bonchev–Trinajstić information content (AvgIpc) is 3.10. The molecule has 0 bridgehead atoms. The van der Waals surface area contributed by atoms with E-state index in [4.69, 9.17) is 11.6 Å². The van der Waals surface area contributed by atoms with Crippen LogP contribution in [0.4, 0.5) is 0 Å². The van der Waals surface area contributed by atoms with Gasteiger partial charge in [-0.3, -0.25) is 9.20 Å². The zero-order valence-corrected chi connectivity index (χ0v) is 14.6. The number of rotatable bonds is 5. The summed E-state index contributed by atoms with van der Waals surface area (Å²) in [5, 5.41) is 5.69. The molecule has 23 heavy (non-hydrogen) atoms. The minimum Gasteiger partial charge on any atom is -0.353 e. The Morgan fingerprint density at radius 1 is 1.39 bits per heavy atom. The van der Waals surface area contributed by atoms with Crippen LogP contribution in [0.25, 0.3) is 16.2 Å². The number of carbonyl (C=O) groups excluding carboxylic acids is 1. The van der Waals surface area contributed by atoms with Gasteiger partial charge in [-0.25, -0.2) is 4.98 Å². The van der Waals surface area contributed by atoms with Crippen molar-refractivity contribution in [1.82, 2.24) is 14.7 Å². The number of hydrogen-bond donors (Lipinski definition) is 1. The first-order valence-corrected chi connectivity index (χ1v) is 8.83. The highest BCUT2D eigenvalue weighted by Gasteiger charge is 2.13. The minimum atomic E-state index is 0.0424. The number of thiazole rings is 1. The number of amides is 1. The number of fused-ring (bicyclic) bond motifs is 1. The lowest BCUT2D eigenvalue weighted by molar-refractivity contribution is -0.121. The summed E-state index contributed by atoms with van der Waals surface area (Å²) in [5.74, 6) is 0.0424. The van der Waals surface area contributed by atoms with Crippen LogP contribution >= 0.6 is 22.9 Å². The van der Waals surface area contributed by atoms with Crippen LogP contribution in [0, 0.1) is 0 Å². The molecule has 2 aromatic heterocycles. The summed E-state index contributed by atoms with van der Waals surface area (Å²) in [6.07, 6.45) is 3.26. The maximum Gasteiger partial charge on any atom is 0.226 e. The van der Waals surface area contributed by atoms with Crippen molar-refractivity contribution in [3.8, 4) is 11.3 Å². The van der Waals surface area contributed by atoms with Crippen molar-refractivity contribution in [2.45, 2.75) is 32.7 Å². The Hall–Kier alpha value is -1.85. The molecule has 1 amide bonds. The number of imidazole rings is 1. The van der Waals surface area contributed by atoms with Gasteiger partial charge in [-0.05, 0) is 25.5 Å². The summed E-state index contributed by atoms with van der Waals surface area (Å²) in [6.45, 7) is 4.07. The summed E-state index contributed by atoms with van der Waals surface area (Å²) in [7, 11) is 0. The van der Waals surface area contributed by atoms with Gasteiger partial charge in [-0.1, -0.05) is 30.7 Å². The quantitative estimate of drug-likeness (QED) is 0.752. The third kappa shape index (κ3) is 3.57. The van der Waals surface area contributed by atoms with Crippen LogP contribution in [0.5, 0.6) is 0 Å². The monoisotopic (exact) mass is 347 g/mol. The predicted octanol–water partition coefficient (Wildman–Crippen LogP) is 4.17. The van der Waals surface area contributed by atoms with Crippen LogP contribution in [0.2, 0.25) is 5.02 Å². The maximum atomic E-state index is 12.1. The van der Waals surface area contributed by atoms with Gasteiger partial charge in [-0.15, -0.1) is 11.3 Å². The van der Waals surface area contributed by atoms with Crippen molar-refractivity contribution in [3.05, 3.63) is 46.6 Å². The second-order valence-corrected chi connectivity index (χ2v) is 6.84. The SMILES string of the molecule is CCC(C)NC(=O)Cc1csc2nc(-c3ccc(Cl)cc3)cn12. The van der Waals surface area contributed by atoms with Crippen LogP contribution in [-0.4, -0.2) is 21.3 Å². The summed E-state index contributed by atoms with van der Waals surface area (Å²) >= 11 is 7.47.